The molecule has 0 saturated carbocycles. The molecule has 1 heterocycles. The molecule has 2 nitrogen and oxygen atoms in total. The second-order valence-corrected chi connectivity index (χ2v) is 8.94. The minimum Gasteiger partial charge on any atom is -1.00 e. The van der Waals surface area contributed by atoms with Gasteiger partial charge in [-0.15, -0.1) is 0 Å². The van der Waals surface area contributed by atoms with Crippen molar-refractivity contribution in [1.29, 1.82) is 0 Å². The van der Waals surface area contributed by atoms with Gasteiger partial charge in [-0.1, -0.05) is 103 Å². The topological polar surface area (TPSA) is 8.81 Å². The van der Waals surface area contributed by atoms with Gasteiger partial charge in [0.2, 0.25) is 6.33 Å². The van der Waals surface area contributed by atoms with Crippen molar-refractivity contribution in [2.75, 3.05) is 0 Å². The van der Waals surface area contributed by atoms with Gasteiger partial charge in [0, 0.05) is 0 Å². The van der Waals surface area contributed by atoms with E-state index >= 15 is 0 Å². The molecule has 0 bridgehead atoms. The zero-order valence-electron chi connectivity index (χ0n) is 19.9. The fraction of sp³-hybridized carbons (Fsp3) is 0.741. The Hall–Kier alpha value is -0.830. The van der Waals surface area contributed by atoms with Crippen molar-refractivity contribution in [2.45, 2.75) is 130 Å². The first kappa shape index (κ1) is 27.2. The van der Waals surface area contributed by atoms with Gasteiger partial charge in [0.05, 0.1) is 13.1 Å². The molecule has 0 N–H and O–H groups in total. The van der Waals surface area contributed by atoms with Crippen molar-refractivity contribution in [3.05, 3.63) is 30.6 Å². The van der Waals surface area contributed by atoms with Gasteiger partial charge in [0.15, 0.2) is 11.0 Å². The smallest absolute Gasteiger partial charge is 0.244 e. The summed E-state index contributed by atoms with van der Waals surface area (Å²) in [6.45, 7) is 6.92. The predicted molar refractivity (Wildman–Crippen MR) is 127 cm³/mol. The molecule has 30 heavy (non-hydrogen) atoms. The number of para-hydroxylation sites is 2. The number of halogens is 1. The largest absolute Gasteiger partial charge is 1.00 e. The van der Waals surface area contributed by atoms with Crippen LogP contribution < -0.4 is 21.5 Å². The minimum absolute atomic E-state index is 0. The van der Waals surface area contributed by atoms with Crippen LogP contribution in [0.5, 0.6) is 0 Å². The number of aromatic nitrogens is 2. The molecule has 0 saturated heterocycles. The number of imidazole rings is 1. The maximum Gasteiger partial charge on any atom is 0.244 e. The van der Waals surface area contributed by atoms with Crippen LogP contribution in [0.25, 0.3) is 11.0 Å². The summed E-state index contributed by atoms with van der Waals surface area (Å²) in [5.41, 5.74) is 2.82. The first-order valence-electron chi connectivity index (χ1n) is 12.8. The van der Waals surface area contributed by atoms with Crippen LogP contribution in [-0.2, 0) is 13.1 Å². The first-order chi connectivity index (χ1) is 14.4. The molecule has 2 aromatic rings. The summed E-state index contributed by atoms with van der Waals surface area (Å²) >= 11 is 0. The van der Waals surface area contributed by atoms with Crippen LogP contribution in [0.15, 0.2) is 30.6 Å². The van der Waals surface area contributed by atoms with E-state index in [2.05, 4.69) is 53.6 Å². The van der Waals surface area contributed by atoms with Gasteiger partial charge in [0.1, 0.15) is 0 Å². The summed E-state index contributed by atoms with van der Waals surface area (Å²) < 4.78 is 4.99. The van der Waals surface area contributed by atoms with Gasteiger partial charge in [-0.3, -0.25) is 0 Å². The molecule has 0 unspecified atom stereocenters. The third kappa shape index (κ3) is 10.5. The van der Waals surface area contributed by atoms with E-state index in [0.29, 0.717) is 0 Å². The van der Waals surface area contributed by atoms with Crippen LogP contribution in [0, 0.1) is 0 Å². The Morgan fingerprint density at radius 3 is 1.73 bits per heavy atom. The van der Waals surface area contributed by atoms with E-state index in [4.69, 9.17) is 0 Å². The highest BCUT2D eigenvalue weighted by atomic mass is 79.9. The van der Waals surface area contributed by atoms with Crippen LogP contribution in [-0.4, -0.2) is 4.57 Å². The number of benzene rings is 1. The Morgan fingerprint density at radius 1 is 0.633 bits per heavy atom. The van der Waals surface area contributed by atoms with E-state index in [9.17, 15) is 0 Å². The highest BCUT2D eigenvalue weighted by molar-refractivity contribution is 5.71. The number of aryl methyl sites for hydroxylation is 2. The van der Waals surface area contributed by atoms with Crippen LogP contribution in [0.1, 0.15) is 117 Å². The standard InChI is InChI=1S/C27H47N2.BrH/c1-3-5-7-9-11-13-15-19-23-28-25-29(27-22-18-17-21-26(27)28)24-20-16-14-12-10-8-6-4-2;/h17-18,21-22,25H,3-16,19-20,23-24H2,1-2H3;1H/q+1;/p-1. The Kier molecular flexibility index (Phi) is 16.2. The molecule has 0 radical (unpaired) electrons. The van der Waals surface area contributed by atoms with E-state index < -0.39 is 0 Å². The lowest BCUT2D eigenvalue weighted by Crippen LogP contribution is -3.00. The van der Waals surface area contributed by atoms with E-state index in [1.165, 1.54) is 127 Å². The number of rotatable bonds is 18. The lowest BCUT2D eigenvalue weighted by Gasteiger charge is -2.01. The van der Waals surface area contributed by atoms with E-state index in [1.807, 2.05) is 0 Å². The van der Waals surface area contributed by atoms with Crippen LogP contribution >= 0.6 is 0 Å². The molecular formula is C27H47BrN2. The fourth-order valence-electron chi connectivity index (χ4n) is 4.43. The minimum atomic E-state index is 0. The van der Waals surface area contributed by atoms with Crippen molar-refractivity contribution in [2.24, 2.45) is 0 Å². The maximum atomic E-state index is 2.50. The maximum absolute atomic E-state index is 2.50. The molecule has 3 heteroatoms. The predicted octanol–water partition coefficient (Wildman–Crippen LogP) is 5.21. The molecule has 0 spiro atoms. The third-order valence-corrected chi connectivity index (χ3v) is 6.28. The Morgan fingerprint density at radius 2 is 1.13 bits per heavy atom. The summed E-state index contributed by atoms with van der Waals surface area (Å²) in [6.07, 6.45) is 24.6. The molecule has 1 aromatic heterocycles. The SMILES string of the molecule is CCCCCCCCCCn1c[n+](CCCCCCCCCC)c2ccccc21.[Br-]. The summed E-state index contributed by atoms with van der Waals surface area (Å²) in [4.78, 5) is 0. The lowest BCUT2D eigenvalue weighted by atomic mass is 10.1. The Bertz CT molecular complexity index is 595. The quantitative estimate of drug-likeness (QED) is 0.205. The van der Waals surface area contributed by atoms with Crippen molar-refractivity contribution in [3.8, 4) is 0 Å². The summed E-state index contributed by atoms with van der Waals surface area (Å²) in [6, 6.07) is 8.97. The molecular weight excluding hydrogens is 432 g/mol. The second-order valence-electron chi connectivity index (χ2n) is 8.94. The summed E-state index contributed by atoms with van der Waals surface area (Å²) in [5.74, 6) is 0. The average Bonchev–Trinajstić information content (AvgIpc) is 3.10. The average molecular weight is 480 g/mol. The fourth-order valence-corrected chi connectivity index (χ4v) is 4.43. The number of nitrogens with zero attached hydrogens (tertiary/aromatic N) is 2. The normalized spacial score (nSPS) is 11.1. The number of hydrogen-bond donors (Lipinski definition) is 0. The zero-order chi connectivity index (χ0) is 20.6. The Labute approximate surface area is 197 Å². The van der Waals surface area contributed by atoms with Gasteiger partial charge >= 0.3 is 0 Å². The molecule has 0 atom stereocenters. The van der Waals surface area contributed by atoms with Crippen molar-refractivity contribution < 1.29 is 21.5 Å². The lowest BCUT2D eigenvalue weighted by molar-refractivity contribution is -0.672. The molecule has 0 fully saturated rings. The molecule has 0 aliphatic rings. The van der Waals surface area contributed by atoms with Crippen LogP contribution in [0.2, 0.25) is 0 Å². The van der Waals surface area contributed by atoms with Gasteiger partial charge < -0.3 is 17.0 Å². The highest BCUT2D eigenvalue weighted by Gasteiger charge is 2.14. The van der Waals surface area contributed by atoms with Crippen molar-refractivity contribution in [1.82, 2.24) is 4.57 Å². The van der Waals surface area contributed by atoms with Crippen LogP contribution in [0.3, 0.4) is 0 Å². The van der Waals surface area contributed by atoms with Crippen molar-refractivity contribution in [3.63, 3.8) is 0 Å². The molecule has 172 valence electrons. The summed E-state index contributed by atoms with van der Waals surface area (Å²) in [7, 11) is 0. The second kappa shape index (κ2) is 17.8. The zero-order valence-corrected chi connectivity index (χ0v) is 21.5. The van der Waals surface area contributed by atoms with Gasteiger partial charge in [0.25, 0.3) is 0 Å². The van der Waals surface area contributed by atoms with Crippen molar-refractivity contribution >= 4 is 11.0 Å². The third-order valence-electron chi connectivity index (χ3n) is 6.28. The van der Waals surface area contributed by atoms with Gasteiger partial charge in [-0.05, 0) is 37.8 Å². The molecule has 0 amide bonds. The van der Waals surface area contributed by atoms with E-state index in [1.54, 1.807) is 0 Å². The van der Waals surface area contributed by atoms with Gasteiger partial charge in [-0.2, -0.15) is 0 Å². The molecule has 2 rings (SSSR count). The molecule has 0 aliphatic carbocycles. The molecule has 0 aliphatic heterocycles. The molecule has 1 aromatic carbocycles. The monoisotopic (exact) mass is 478 g/mol. The summed E-state index contributed by atoms with van der Waals surface area (Å²) in [5, 5.41) is 0. The van der Waals surface area contributed by atoms with E-state index in [-0.39, 0.29) is 17.0 Å². The first-order valence-corrected chi connectivity index (χ1v) is 12.8. The highest BCUT2D eigenvalue weighted by Crippen LogP contribution is 2.15. The van der Waals surface area contributed by atoms with Gasteiger partial charge in [-0.25, -0.2) is 9.13 Å². The number of fused-ring (bicyclic) bond motifs is 1. The van der Waals surface area contributed by atoms with Crippen LogP contribution in [0.4, 0.5) is 0 Å². The van der Waals surface area contributed by atoms with E-state index in [0.717, 1.165) is 0 Å². The number of hydrogen-bond acceptors (Lipinski definition) is 0. The number of unbranched alkanes of at least 4 members (excludes halogenated alkanes) is 14. The Balaban J connectivity index is 0.00000450.